The van der Waals surface area contributed by atoms with Gasteiger partial charge in [0.2, 0.25) is 0 Å². The van der Waals surface area contributed by atoms with E-state index in [1.165, 1.54) is 0 Å². The van der Waals surface area contributed by atoms with Crippen LogP contribution in [0.25, 0.3) is 0 Å². The van der Waals surface area contributed by atoms with Crippen LogP contribution in [0.5, 0.6) is 5.75 Å². The molecule has 1 unspecified atom stereocenters. The van der Waals surface area contributed by atoms with E-state index in [1.54, 1.807) is 25.3 Å². The molecular formula is C17H22ClN2O3+. The molecule has 0 saturated heterocycles. The van der Waals surface area contributed by atoms with E-state index in [1.807, 2.05) is 33.0 Å². The van der Waals surface area contributed by atoms with Gasteiger partial charge in [-0.1, -0.05) is 11.6 Å². The zero-order chi connectivity index (χ0) is 17.0. The monoisotopic (exact) mass is 337 g/mol. The van der Waals surface area contributed by atoms with Crippen molar-refractivity contribution in [1.82, 2.24) is 0 Å². The number of carbonyl (C=O) groups excluding carboxylic acids is 1. The molecule has 0 aliphatic rings. The fourth-order valence-corrected chi connectivity index (χ4v) is 2.42. The lowest BCUT2D eigenvalue weighted by atomic mass is 10.2. The molecule has 124 valence electrons. The minimum atomic E-state index is -0.260. The van der Waals surface area contributed by atoms with E-state index in [9.17, 15) is 4.79 Å². The number of quaternary nitrogens is 1. The summed E-state index contributed by atoms with van der Waals surface area (Å²) in [7, 11) is 3.51. The van der Waals surface area contributed by atoms with Crippen LogP contribution in [0, 0.1) is 6.92 Å². The number of benzene rings is 1. The Bertz CT molecular complexity index is 684. The Hall–Kier alpha value is -1.98. The average Bonchev–Trinajstić information content (AvgIpc) is 2.91. The van der Waals surface area contributed by atoms with Gasteiger partial charge in [-0.25, -0.2) is 0 Å². The van der Waals surface area contributed by atoms with Gasteiger partial charge in [0, 0.05) is 5.02 Å². The fraction of sp³-hybridized carbons (Fsp3) is 0.353. The first-order valence-corrected chi connectivity index (χ1v) is 7.80. The lowest BCUT2D eigenvalue weighted by Gasteiger charge is -2.20. The predicted octanol–water partition coefficient (Wildman–Crippen LogP) is 2.29. The number of nitrogens with one attached hydrogen (secondary N) is 2. The molecule has 0 saturated carbocycles. The maximum atomic E-state index is 12.5. The average molecular weight is 338 g/mol. The highest BCUT2D eigenvalue weighted by atomic mass is 35.5. The van der Waals surface area contributed by atoms with Crippen LogP contribution in [0.1, 0.15) is 18.4 Å². The molecule has 2 aromatic rings. The van der Waals surface area contributed by atoms with Crippen molar-refractivity contribution in [3.8, 4) is 5.75 Å². The number of likely N-dealkylation sites (N-methyl/N-ethyl adjacent to an activating group) is 1. The molecule has 0 fully saturated rings. The molecule has 0 aliphatic heterocycles. The van der Waals surface area contributed by atoms with Crippen LogP contribution in [0.15, 0.2) is 34.7 Å². The number of furan rings is 1. The lowest BCUT2D eigenvalue weighted by Crippen LogP contribution is -3.12. The number of rotatable bonds is 6. The van der Waals surface area contributed by atoms with Gasteiger partial charge in [-0.3, -0.25) is 4.79 Å². The summed E-state index contributed by atoms with van der Waals surface area (Å²) < 4.78 is 10.8. The first kappa shape index (κ1) is 17.4. The zero-order valence-corrected chi connectivity index (χ0v) is 14.5. The van der Waals surface area contributed by atoms with Gasteiger partial charge in [0.25, 0.3) is 5.91 Å². The topological polar surface area (TPSA) is 55.9 Å². The van der Waals surface area contributed by atoms with Crippen molar-refractivity contribution in [3.05, 3.63) is 46.9 Å². The second-order valence-corrected chi connectivity index (χ2v) is 6.03. The third-order valence-electron chi connectivity index (χ3n) is 3.80. The van der Waals surface area contributed by atoms with E-state index in [2.05, 4.69) is 5.32 Å². The quantitative estimate of drug-likeness (QED) is 0.850. The predicted molar refractivity (Wildman–Crippen MR) is 90.1 cm³/mol. The minimum absolute atomic E-state index is 0.105. The van der Waals surface area contributed by atoms with Gasteiger partial charge in [0.1, 0.15) is 18.1 Å². The van der Waals surface area contributed by atoms with Gasteiger partial charge >= 0.3 is 0 Å². The number of hydrogen-bond donors (Lipinski definition) is 2. The lowest BCUT2D eigenvalue weighted by molar-refractivity contribution is -0.908. The maximum absolute atomic E-state index is 12.5. The number of hydrogen-bond acceptors (Lipinski definition) is 3. The molecule has 2 N–H and O–H groups in total. The Kier molecular flexibility index (Phi) is 5.69. The van der Waals surface area contributed by atoms with Gasteiger partial charge in [-0.05, 0) is 44.2 Å². The van der Waals surface area contributed by atoms with Crippen LogP contribution in [0.3, 0.4) is 0 Å². The fourth-order valence-electron chi connectivity index (χ4n) is 2.25. The van der Waals surface area contributed by atoms with Crippen LogP contribution >= 0.6 is 11.6 Å². The smallest absolute Gasteiger partial charge is 0.282 e. The van der Waals surface area contributed by atoms with Gasteiger partial charge < -0.3 is 19.4 Å². The van der Waals surface area contributed by atoms with Crippen molar-refractivity contribution in [2.45, 2.75) is 26.4 Å². The van der Waals surface area contributed by atoms with Crippen LogP contribution in [0.4, 0.5) is 5.69 Å². The van der Waals surface area contributed by atoms with E-state index in [-0.39, 0.29) is 11.9 Å². The molecule has 2 rings (SSSR count). The van der Waals surface area contributed by atoms with Crippen molar-refractivity contribution in [2.75, 3.05) is 19.5 Å². The Morgan fingerprint density at radius 3 is 2.74 bits per heavy atom. The molecule has 5 nitrogen and oxygen atoms in total. The molecule has 0 aliphatic carbocycles. The molecule has 23 heavy (non-hydrogen) atoms. The highest BCUT2D eigenvalue weighted by Crippen LogP contribution is 2.27. The molecule has 2 atom stereocenters. The Balaban J connectivity index is 2.03. The van der Waals surface area contributed by atoms with E-state index in [0.29, 0.717) is 23.0 Å². The summed E-state index contributed by atoms with van der Waals surface area (Å²) in [6.07, 6.45) is 0. The highest BCUT2D eigenvalue weighted by Gasteiger charge is 2.24. The maximum Gasteiger partial charge on any atom is 0.282 e. The number of amides is 1. The standard InChI is InChI=1S/C17H21ClN2O3/c1-11-5-7-14(23-11)10-20(3)12(2)17(21)19-15-9-13(18)6-8-16(15)22-4/h5-9,12H,10H2,1-4H3,(H,19,21)/p+1/t12-/m0/s1. The molecule has 0 bridgehead atoms. The van der Waals surface area contributed by atoms with E-state index >= 15 is 0 Å². The number of ether oxygens (including phenoxy) is 1. The molecule has 1 amide bonds. The summed E-state index contributed by atoms with van der Waals surface area (Å²) in [4.78, 5) is 13.5. The van der Waals surface area contributed by atoms with Crippen molar-refractivity contribution in [1.29, 1.82) is 0 Å². The van der Waals surface area contributed by atoms with Crippen molar-refractivity contribution in [2.24, 2.45) is 0 Å². The Labute approximate surface area is 141 Å². The van der Waals surface area contributed by atoms with Crippen LogP contribution in [-0.4, -0.2) is 26.1 Å². The summed E-state index contributed by atoms with van der Waals surface area (Å²) in [6, 6.07) is 8.72. The second-order valence-electron chi connectivity index (χ2n) is 5.59. The SMILES string of the molecule is COc1ccc(Cl)cc1NC(=O)[C@H](C)[NH+](C)Cc1ccc(C)o1. The van der Waals surface area contributed by atoms with Gasteiger partial charge in [-0.2, -0.15) is 0 Å². The zero-order valence-electron chi connectivity index (χ0n) is 13.8. The van der Waals surface area contributed by atoms with Gasteiger partial charge in [0.15, 0.2) is 11.8 Å². The number of anilines is 1. The van der Waals surface area contributed by atoms with Gasteiger partial charge in [-0.15, -0.1) is 0 Å². The van der Waals surface area contributed by atoms with Crippen molar-refractivity contribution >= 4 is 23.2 Å². The van der Waals surface area contributed by atoms with Crippen LogP contribution in [-0.2, 0) is 11.3 Å². The summed E-state index contributed by atoms with van der Waals surface area (Å²) in [6.45, 7) is 4.41. The normalized spacial score (nSPS) is 13.4. The number of aryl methyl sites for hydroxylation is 1. The highest BCUT2D eigenvalue weighted by molar-refractivity contribution is 6.31. The van der Waals surface area contributed by atoms with E-state index < -0.39 is 0 Å². The van der Waals surface area contributed by atoms with E-state index in [0.717, 1.165) is 16.4 Å². The van der Waals surface area contributed by atoms with Crippen molar-refractivity contribution in [3.63, 3.8) is 0 Å². The number of halogens is 1. The minimum Gasteiger partial charge on any atom is -0.495 e. The Morgan fingerprint density at radius 1 is 1.39 bits per heavy atom. The third-order valence-corrected chi connectivity index (χ3v) is 4.04. The van der Waals surface area contributed by atoms with E-state index in [4.69, 9.17) is 20.8 Å². The summed E-state index contributed by atoms with van der Waals surface area (Å²) in [5.74, 6) is 2.20. The molecule has 0 radical (unpaired) electrons. The second kappa shape index (κ2) is 7.53. The third kappa shape index (κ3) is 4.50. The molecule has 1 aromatic carbocycles. The van der Waals surface area contributed by atoms with Crippen molar-refractivity contribution < 1.29 is 18.8 Å². The molecule has 1 heterocycles. The summed E-state index contributed by atoms with van der Waals surface area (Å²) in [5, 5.41) is 3.42. The molecular weight excluding hydrogens is 316 g/mol. The summed E-state index contributed by atoms with van der Waals surface area (Å²) >= 11 is 5.98. The Morgan fingerprint density at radius 2 is 2.13 bits per heavy atom. The van der Waals surface area contributed by atoms with Gasteiger partial charge in [0.05, 0.1) is 19.8 Å². The first-order chi connectivity index (χ1) is 10.9. The van der Waals surface area contributed by atoms with Crippen LogP contribution < -0.4 is 15.0 Å². The van der Waals surface area contributed by atoms with Crippen LogP contribution in [0.2, 0.25) is 5.02 Å². The molecule has 6 heteroatoms. The summed E-state index contributed by atoms with van der Waals surface area (Å²) in [5.41, 5.74) is 0.568. The molecule has 0 spiro atoms. The number of methoxy groups -OCH3 is 1. The molecule has 1 aromatic heterocycles. The number of carbonyl (C=O) groups is 1. The first-order valence-electron chi connectivity index (χ1n) is 7.42. The largest absolute Gasteiger partial charge is 0.495 e.